The lowest BCUT2D eigenvalue weighted by atomic mass is 9.87. The van der Waals surface area contributed by atoms with Crippen LogP contribution < -0.4 is 5.32 Å². The molecule has 1 aliphatic carbocycles. The van der Waals surface area contributed by atoms with E-state index in [0.29, 0.717) is 12.0 Å². The largest absolute Gasteiger partial charge is 0.313 e. The fraction of sp³-hybridized carbons (Fsp3) is 0.600. The molecule has 0 aromatic heterocycles. The lowest BCUT2D eigenvalue weighted by molar-refractivity contribution is 0.368. The molecule has 2 atom stereocenters. The molecule has 2 heteroatoms. The molecule has 2 unspecified atom stereocenters. The molecule has 0 spiro atoms. The highest BCUT2D eigenvalue weighted by molar-refractivity contribution is 6.31. The lowest BCUT2D eigenvalue weighted by Gasteiger charge is -2.26. The van der Waals surface area contributed by atoms with E-state index in [0.717, 1.165) is 10.9 Å². The number of aryl methyl sites for hydroxylation is 2. The molecule has 17 heavy (non-hydrogen) atoms. The van der Waals surface area contributed by atoms with Crippen LogP contribution in [-0.4, -0.2) is 7.05 Å². The van der Waals surface area contributed by atoms with E-state index in [9.17, 15) is 0 Å². The zero-order chi connectivity index (χ0) is 12.6. The Labute approximate surface area is 110 Å². The van der Waals surface area contributed by atoms with Gasteiger partial charge in [0.15, 0.2) is 0 Å². The number of hydrogen-bond acceptors (Lipinski definition) is 1. The minimum atomic E-state index is 0.457. The predicted octanol–water partition coefficient (Wildman–Crippen LogP) is 4.26. The molecular weight excluding hydrogens is 230 g/mol. The second kappa shape index (κ2) is 4.99. The summed E-state index contributed by atoms with van der Waals surface area (Å²) in [6, 6.07) is 4.80. The molecule has 0 aliphatic heterocycles. The summed E-state index contributed by atoms with van der Waals surface area (Å²) in [5.74, 6) is 1.61. The Kier molecular flexibility index (Phi) is 3.79. The first-order valence-corrected chi connectivity index (χ1v) is 6.86. The molecule has 94 valence electrons. The second-order valence-electron chi connectivity index (χ2n) is 5.42. The van der Waals surface area contributed by atoms with Gasteiger partial charge in [0.1, 0.15) is 0 Å². The van der Waals surface area contributed by atoms with Crippen LogP contribution >= 0.6 is 11.6 Å². The fourth-order valence-electron chi connectivity index (χ4n) is 2.73. The van der Waals surface area contributed by atoms with Crippen molar-refractivity contribution in [3.8, 4) is 0 Å². The normalized spacial score (nSPS) is 19.1. The van der Waals surface area contributed by atoms with Crippen molar-refractivity contribution in [3.63, 3.8) is 0 Å². The van der Waals surface area contributed by atoms with Crippen LogP contribution in [0.25, 0.3) is 0 Å². The number of halogens is 1. The van der Waals surface area contributed by atoms with E-state index in [1.54, 1.807) is 0 Å². The monoisotopic (exact) mass is 251 g/mol. The number of nitrogens with one attached hydrogen (secondary N) is 1. The molecule has 0 radical (unpaired) electrons. The van der Waals surface area contributed by atoms with Gasteiger partial charge in [0.05, 0.1) is 0 Å². The molecule has 2 rings (SSSR count). The van der Waals surface area contributed by atoms with E-state index < -0.39 is 0 Å². The summed E-state index contributed by atoms with van der Waals surface area (Å²) in [5, 5.41) is 4.36. The van der Waals surface area contributed by atoms with Crippen LogP contribution in [0.4, 0.5) is 0 Å². The standard InChI is InChI=1S/C15H22ClN/c1-9-8-14(16)10(2)7-13(9)15(17-4)11(3)12-5-6-12/h7-8,11-12,15,17H,5-6H2,1-4H3. The molecule has 0 saturated heterocycles. The van der Waals surface area contributed by atoms with Crippen molar-refractivity contribution in [1.29, 1.82) is 0 Å². The molecule has 1 saturated carbocycles. The summed E-state index contributed by atoms with van der Waals surface area (Å²) in [6.45, 7) is 6.60. The van der Waals surface area contributed by atoms with Crippen LogP contribution in [0.1, 0.15) is 42.5 Å². The molecule has 0 heterocycles. The smallest absolute Gasteiger partial charge is 0.0438 e. The van der Waals surface area contributed by atoms with Crippen LogP contribution in [-0.2, 0) is 0 Å². The van der Waals surface area contributed by atoms with Crippen molar-refractivity contribution in [1.82, 2.24) is 5.32 Å². The summed E-state index contributed by atoms with van der Waals surface area (Å²) in [4.78, 5) is 0. The quantitative estimate of drug-likeness (QED) is 0.843. The van der Waals surface area contributed by atoms with E-state index in [-0.39, 0.29) is 0 Å². The van der Waals surface area contributed by atoms with E-state index >= 15 is 0 Å². The zero-order valence-corrected chi connectivity index (χ0v) is 11.9. The van der Waals surface area contributed by atoms with E-state index in [4.69, 9.17) is 11.6 Å². The summed E-state index contributed by atoms with van der Waals surface area (Å²) >= 11 is 6.17. The molecule has 0 bridgehead atoms. The minimum absolute atomic E-state index is 0.457. The maximum absolute atomic E-state index is 6.17. The van der Waals surface area contributed by atoms with Gasteiger partial charge in [-0.25, -0.2) is 0 Å². The van der Waals surface area contributed by atoms with Gasteiger partial charge >= 0.3 is 0 Å². The van der Waals surface area contributed by atoms with Gasteiger partial charge in [0.25, 0.3) is 0 Å². The summed E-state index contributed by atoms with van der Waals surface area (Å²) < 4.78 is 0. The number of rotatable bonds is 4. The summed E-state index contributed by atoms with van der Waals surface area (Å²) in [6.07, 6.45) is 2.79. The van der Waals surface area contributed by atoms with Crippen molar-refractivity contribution >= 4 is 11.6 Å². The Morgan fingerprint density at radius 3 is 2.41 bits per heavy atom. The number of hydrogen-bond donors (Lipinski definition) is 1. The van der Waals surface area contributed by atoms with Crippen LogP contribution in [0.5, 0.6) is 0 Å². The summed E-state index contributed by atoms with van der Waals surface area (Å²) in [5.41, 5.74) is 3.89. The van der Waals surface area contributed by atoms with Gasteiger partial charge in [0.2, 0.25) is 0 Å². The summed E-state index contributed by atoms with van der Waals surface area (Å²) in [7, 11) is 2.06. The maximum atomic E-state index is 6.17. The Morgan fingerprint density at radius 1 is 1.24 bits per heavy atom. The molecule has 1 aromatic rings. The van der Waals surface area contributed by atoms with Gasteiger partial charge in [-0.15, -0.1) is 0 Å². The van der Waals surface area contributed by atoms with Crippen molar-refractivity contribution in [2.45, 2.75) is 39.7 Å². The highest BCUT2D eigenvalue weighted by Gasteiger charge is 2.33. The van der Waals surface area contributed by atoms with Crippen LogP contribution in [0.15, 0.2) is 12.1 Å². The fourth-order valence-corrected chi connectivity index (χ4v) is 2.95. The third kappa shape index (κ3) is 2.66. The maximum Gasteiger partial charge on any atom is 0.0438 e. The highest BCUT2D eigenvalue weighted by atomic mass is 35.5. The molecule has 1 aliphatic rings. The van der Waals surface area contributed by atoms with Crippen LogP contribution in [0, 0.1) is 25.7 Å². The zero-order valence-electron chi connectivity index (χ0n) is 11.2. The first-order chi connectivity index (χ1) is 8.04. The lowest BCUT2D eigenvalue weighted by Crippen LogP contribution is -2.25. The molecule has 0 amide bonds. The van der Waals surface area contributed by atoms with Gasteiger partial charge in [-0.1, -0.05) is 24.6 Å². The van der Waals surface area contributed by atoms with E-state index in [1.165, 1.54) is 29.5 Å². The van der Waals surface area contributed by atoms with Crippen molar-refractivity contribution in [2.75, 3.05) is 7.05 Å². The van der Waals surface area contributed by atoms with Gasteiger partial charge in [0, 0.05) is 11.1 Å². The van der Waals surface area contributed by atoms with Gasteiger partial charge in [-0.3, -0.25) is 0 Å². The predicted molar refractivity (Wildman–Crippen MR) is 74.6 cm³/mol. The van der Waals surface area contributed by atoms with Gasteiger partial charge in [-0.05, 0) is 68.3 Å². The molecular formula is C15H22ClN. The van der Waals surface area contributed by atoms with Crippen molar-refractivity contribution < 1.29 is 0 Å². The first-order valence-electron chi connectivity index (χ1n) is 6.48. The Bertz CT molecular complexity index is 410. The molecule has 1 nitrogen and oxygen atoms in total. The van der Waals surface area contributed by atoms with E-state index in [2.05, 4.69) is 45.3 Å². The van der Waals surface area contributed by atoms with Gasteiger partial charge in [-0.2, -0.15) is 0 Å². The molecule has 1 aromatic carbocycles. The van der Waals surface area contributed by atoms with Crippen molar-refractivity contribution in [3.05, 3.63) is 33.8 Å². The van der Waals surface area contributed by atoms with Gasteiger partial charge < -0.3 is 5.32 Å². The Balaban J connectivity index is 2.32. The highest BCUT2D eigenvalue weighted by Crippen LogP contribution is 2.43. The average molecular weight is 252 g/mol. The van der Waals surface area contributed by atoms with Crippen LogP contribution in [0.2, 0.25) is 5.02 Å². The molecule has 1 N–H and O–H groups in total. The molecule has 1 fully saturated rings. The first kappa shape index (κ1) is 12.9. The van der Waals surface area contributed by atoms with Crippen molar-refractivity contribution in [2.24, 2.45) is 11.8 Å². The van der Waals surface area contributed by atoms with E-state index in [1.807, 2.05) is 0 Å². The SMILES string of the molecule is CNC(c1cc(C)c(Cl)cc1C)C(C)C1CC1. The third-order valence-corrected chi connectivity index (χ3v) is 4.49. The second-order valence-corrected chi connectivity index (χ2v) is 5.83. The Hall–Kier alpha value is -0.530. The third-order valence-electron chi connectivity index (χ3n) is 4.08. The topological polar surface area (TPSA) is 12.0 Å². The van der Waals surface area contributed by atoms with Crippen LogP contribution in [0.3, 0.4) is 0 Å². The number of benzene rings is 1. The minimum Gasteiger partial charge on any atom is -0.313 e. The Morgan fingerprint density at radius 2 is 1.88 bits per heavy atom. The average Bonchev–Trinajstić information content (AvgIpc) is 3.09.